The van der Waals surface area contributed by atoms with Gasteiger partial charge < -0.3 is 20.7 Å². The molecule has 0 spiro atoms. The van der Waals surface area contributed by atoms with Crippen molar-refractivity contribution < 1.29 is 23.9 Å². The van der Waals surface area contributed by atoms with E-state index in [1.54, 1.807) is 18.2 Å². The number of nitrogens with one attached hydrogen (secondary N) is 3. The van der Waals surface area contributed by atoms with Crippen LogP contribution in [-0.2, 0) is 19.1 Å². The summed E-state index contributed by atoms with van der Waals surface area (Å²) in [5, 5.41) is 7.43. The minimum atomic E-state index is -0.694. The van der Waals surface area contributed by atoms with Crippen LogP contribution in [-0.4, -0.2) is 37.3 Å². The minimum absolute atomic E-state index is 0.228. The highest BCUT2D eigenvalue weighted by molar-refractivity contribution is 9.10. The maximum atomic E-state index is 11.9. The molecule has 2 aromatic carbocycles. The number of carbonyl (C=O) groups excluding carboxylic acids is 4. The lowest BCUT2D eigenvalue weighted by atomic mass is 10.2. The Bertz CT molecular complexity index is 839. The number of para-hydroxylation sites is 1. The predicted molar refractivity (Wildman–Crippen MR) is 102 cm³/mol. The molecule has 0 aliphatic heterocycles. The molecule has 27 heavy (non-hydrogen) atoms. The van der Waals surface area contributed by atoms with Gasteiger partial charge in [-0.2, -0.15) is 0 Å². The van der Waals surface area contributed by atoms with Gasteiger partial charge in [-0.3, -0.25) is 14.4 Å². The molecule has 0 saturated carbocycles. The monoisotopic (exact) mass is 433 g/mol. The molecular weight excluding hydrogens is 418 g/mol. The summed E-state index contributed by atoms with van der Waals surface area (Å²) in [5.41, 5.74) is 1.33. The molecule has 0 heterocycles. The zero-order chi connectivity index (χ0) is 19.6. The van der Waals surface area contributed by atoms with E-state index in [0.29, 0.717) is 22.3 Å². The first-order chi connectivity index (χ1) is 13.0. The van der Waals surface area contributed by atoms with E-state index < -0.39 is 24.4 Å². The summed E-state index contributed by atoms with van der Waals surface area (Å²) in [7, 11) is 0. The van der Waals surface area contributed by atoms with Crippen LogP contribution >= 0.6 is 15.9 Å². The van der Waals surface area contributed by atoms with Crippen LogP contribution in [0, 0.1) is 0 Å². The lowest BCUT2D eigenvalue weighted by Gasteiger charge is -2.09. The van der Waals surface area contributed by atoms with Crippen LogP contribution in [0.15, 0.2) is 53.0 Å². The number of anilines is 2. The van der Waals surface area contributed by atoms with Gasteiger partial charge in [0.1, 0.15) is 0 Å². The molecule has 140 valence electrons. The Labute approximate surface area is 163 Å². The molecule has 0 bridgehead atoms. The zero-order valence-corrected chi connectivity index (χ0v) is 15.6. The molecule has 2 rings (SSSR count). The van der Waals surface area contributed by atoms with Crippen molar-refractivity contribution in [3.63, 3.8) is 0 Å². The lowest BCUT2D eigenvalue weighted by Crippen LogP contribution is -2.35. The Morgan fingerprint density at radius 3 is 2.37 bits per heavy atom. The number of carbonyl (C=O) groups is 4. The highest BCUT2D eigenvalue weighted by Gasteiger charge is 2.12. The number of ether oxygens (including phenoxy) is 1. The van der Waals surface area contributed by atoms with Crippen molar-refractivity contribution in [2.75, 3.05) is 23.8 Å². The predicted octanol–water partition coefficient (Wildman–Crippen LogP) is 1.93. The first-order valence-corrected chi connectivity index (χ1v) is 8.57. The fourth-order valence-corrected chi connectivity index (χ4v) is 2.36. The SMILES string of the molecule is O=CNc1ccc(C(=O)OCC(=O)NCC(=O)Nc2ccccc2Br)cc1. The molecular formula is C18H16BrN3O5. The van der Waals surface area contributed by atoms with Crippen LogP contribution in [0.2, 0.25) is 0 Å². The van der Waals surface area contributed by atoms with Crippen molar-refractivity contribution in [2.24, 2.45) is 0 Å². The molecule has 0 unspecified atom stereocenters. The third-order valence-electron chi connectivity index (χ3n) is 3.27. The smallest absolute Gasteiger partial charge is 0.338 e. The van der Waals surface area contributed by atoms with Crippen molar-refractivity contribution in [1.29, 1.82) is 0 Å². The average Bonchev–Trinajstić information content (AvgIpc) is 2.67. The van der Waals surface area contributed by atoms with Crippen LogP contribution in [0.5, 0.6) is 0 Å². The highest BCUT2D eigenvalue weighted by atomic mass is 79.9. The molecule has 9 heteroatoms. The summed E-state index contributed by atoms with van der Waals surface area (Å²) in [4.78, 5) is 45.7. The Hall–Kier alpha value is -3.20. The summed E-state index contributed by atoms with van der Waals surface area (Å²) in [6.45, 7) is -0.779. The average molecular weight is 434 g/mol. The quantitative estimate of drug-likeness (QED) is 0.434. The van der Waals surface area contributed by atoms with E-state index in [9.17, 15) is 19.2 Å². The molecule has 0 fully saturated rings. The second-order valence-electron chi connectivity index (χ2n) is 5.22. The maximum absolute atomic E-state index is 11.9. The topological polar surface area (TPSA) is 114 Å². The van der Waals surface area contributed by atoms with Crippen LogP contribution < -0.4 is 16.0 Å². The molecule has 0 aromatic heterocycles. The molecule has 0 saturated heterocycles. The largest absolute Gasteiger partial charge is 0.452 e. The van der Waals surface area contributed by atoms with E-state index >= 15 is 0 Å². The summed E-state index contributed by atoms with van der Waals surface area (Å²) < 4.78 is 5.59. The van der Waals surface area contributed by atoms with Gasteiger partial charge >= 0.3 is 5.97 Å². The third-order valence-corrected chi connectivity index (χ3v) is 3.97. The number of esters is 1. The number of amides is 3. The van der Waals surface area contributed by atoms with E-state index in [1.165, 1.54) is 24.3 Å². The second kappa shape index (κ2) is 10.1. The standard InChI is InChI=1S/C18H16BrN3O5/c19-14-3-1-2-4-15(14)22-16(24)9-20-17(25)10-27-18(26)12-5-7-13(8-6-12)21-11-23/h1-8,11H,9-10H2,(H,20,25)(H,21,23)(H,22,24). The molecule has 2 aromatic rings. The summed E-state index contributed by atoms with van der Waals surface area (Å²) in [6.07, 6.45) is 0.518. The van der Waals surface area contributed by atoms with E-state index in [2.05, 4.69) is 31.9 Å². The second-order valence-corrected chi connectivity index (χ2v) is 6.07. The minimum Gasteiger partial charge on any atom is -0.452 e. The van der Waals surface area contributed by atoms with Gasteiger partial charge in [0.25, 0.3) is 5.91 Å². The Morgan fingerprint density at radius 1 is 1.00 bits per heavy atom. The maximum Gasteiger partial charge on any atom is 0.338 e. The summed E-state index contributed by atoms with van der Waals surface area (Å²) in [6, 6.07) is 13.0. The van der Waals surface area contributed by atoms with Gasteiger partial charge in [-0.05, 0) is 52.3 Å². The van der Waals surface area contributed by atoms with E-state index in [0.717, 1.165) is 0 Å². The molecule has 0 atom stereocenters. The number of hydrogen-bond acceptors (Lipinski definition) is 5. The molecule has 3 N–H and O–H groups in total. The Balaban J connectivity index is 1.73. The zero-order valence-electron chi connectivity index (χ0n) is 14.0. The molecule has 0 radical (unpaired) electrons. The van der Waals surface area contributed by atoms with Crippen molar-refractivity contribution in [2.45, 2.75) is 0 Å². The van der Waals surface area contributed by atoms with Crippen molar-refractivity contribution in [1.82, 2.24) is 5.32 Å². The van der Waals surface area contributed by atoms with Crippen LogP contribution in [0.3, 0.4) is 0 Å². The van der Waals surface area contributed by atoms with Crippen LogP contribution in [0.25, 0.3) is 0 Å². The molecule has 8 nitrogen and oxygen atoms in total. The summed E-state index contributed by atoms with van der Waals surface area (Å²) in [5.74, 6) is -1.72. The van der Waals surface area contributed by atoms with E-state index in [-0.39, 0.29) is 12.1 Å². The highest BCUT2D eigenvalue weighted by Crippen LogP contribution is 2.20. The summed E-state index contributed by atoms with van der Waals surface area (Å²) >= 11 is 3.30. The van der Waals surface area contributed by atoms with Gasteiger partial charge in [0.15, 0.2) is 6.61 Å². The van der Waals surface area contributed by atoms with Crippen LogP contribution in [0.1, 0.15) is 10.4 Å². The van der Waals surface area contributed by atoms with Gasteiger partial charge in [-0.15, -0.1) is 0 Å². The number of hydrogen-bond donors (Lipinski definition) is 3. The third kappa shape index (κ3) is 6.55. The van der Waals surface area contributed by atoms with Crippen molar-refractivity contribution in [3.8, 4) is 0 Å². The van der Waals surface area contributed by atoms with Crippen LogP contribution in [0.4, 0.5) is 11.4 Å². The van der Waals surface area contributed by atoms with E-state index in [4.69, 9.17) is 4.74 Å². The first kappa shape index (κ1) is 20.1. The van der Waals surface area contributed by atoms with Gasteiger partial charge in [-0.25, -0.2) is 4.79 Å². The number of benzene rings is 2. The van der Waals surface area contributed by atoms with Gasteiger partial charge in [0.05, 0.1) is 17.8 Å². The molecule has 0 aliphatic rings. The first-order valence-electron chi connectivity index (χ1n) is 7.78. The fraction of sp³-hybridized carbons (Fsp3) is 0.111. The Kier molecular flexibility index (Phi) is 7.50. The number of rotatable bonds is 8. The van der Waals surface area contributed by atoms with Gasteiger partial charge in [-0.1, -0.05) is 12.1 Å². The van der Waals surface area contributed by atoms with Gasteiger partial charge in [0.2, 0.25) is 12.3 Å². The normalized spacial score (nSPS) is 9.81. The van der Waals surface area contributed by atoms with E-state index in [1.807, 2.05) is 6.07 Å². The van der Waals surface area contributed by atoms with Crippen molar-refractivity contribution in [3.05, 3.63) is 58.6 Å². The lowest BCUT2D eigenvalue weighted by molar-refractivity contribution is -0.126. The molecule has 0 aliphatic carbocycles. The van der Waals surface area contributed by atoms with Crippen molar-refractivity contribution >= 4 is 51.5 Å². The van der Waals surface area contributed by atoms with Gasteiger partial charge in [0, 0.05) is 10.2 Å². The Morgan fingerprint density at radius 2 is 1.70 bits per heavy atom. The fourth-order valence-electron chi connectivity index (χ4n) is 1.97. The number of halogens is 1. The molecule has 3 amide bonds.